The molecule has 0 spiro atoms. The summed E-state index contributed by atoms with van der Waals surface area (Å²) in [6.45, 7) is 1.45. The van der Waals surface area contributed by atoms with Gasteiger partial charge < -0.3 is 29.4 Å². The normalized spacial score (nSPS) is 11.8. The maximum Gasteiger partial charge on any atom is 0.416 e. The maximum atomic E-state index is 13.5. The van der Waals surface area contributed by atoms with Gasteiger partial charge in [0.15, 0.2) is 11.2 Å². The van der Waals surface area contributed by atoms with Gasteiger partial charge >= 0.3 is 12.1 Å². The first-order chi connectivity index (χ1) is 18.1. The number of carbonyl (C=O) groups excluding carboxylic acids is 1. The molecule has 0 bridgehead atoms. The largest absolute Gasteiger partial charge is 0.484 e. The van der Waals surface area contributed by atoms with Gasteiger partial charge in [-0.1, -0.05) is 18.2 Å². The van der Waals surface area contributed by atoms with Crippen LogP contribution in [0.25, 0.3) is 0 Å². The molecule has 0 saturated heterocycles. The van der Waals surface area contributed by atoms with E-state index in [1.165, 1.54) is 58.6 Å². The molecule has 13 heteroatoms. The van der Waals surface area contributed by atoms with Gasteiger partial charge in [-0.25, -0.2) is 4.79 Å². The summed E-state index contributed by atoms with van der Waals surface area (Å²) in [5.41, 5.74) is 0.241. The second kappa shape index (κ2) is 13.9. The predicted octanol–water partition coefficient (Wildman–Crippen LogP) is 4.82. The van der Waals surface area contributed by atoms with Gasteiger partial charge in [-0.3, -0.25) is 0 Å². The Kier molecular flexibility index (Phi) is 11.2. The Hall–Kier alpha value is -3.52. The summed E-state index contributed by atoms with van der Waals surface area (Å²) in [7, 11) is 5.11. The lowest BCUT2D eigenvalue weighted by molar-refractivity contribution is -0.378. The molecule has 0 radical (unpaired) electrons. The van der Waals surface area contributed by atoms with Crippen molar-refractivity contribution in [2.45, 2.75) is 25.5 Å². The number of esters is 1. The van der Waals surface area contributed by atoms with Crippen LogP contribution in [0.3, 0.4) is 0 Å². The monoisotopic (exact) mass is 557 g/mol. The minimum atomic E-state index is -4.57. The summed E-state index contributed by atoms with van der Waals surface area (Å²) in [5.74, 6) is -0.701. The van der Waals surface area contributed by atoms with E-state index < -0.39 is 30.1 Å². The molecule has 1 unspecified atom stereocenters. The molecule has 3 rings (SSSR count). The zero-order valence-corrected chi connectivity index (χ0v) is 22.0. The average molecular weight is 558 g/mol. The Morgan fingerprint density at radius 1 is 1.05 bits per heavy atom. The molecule has 0 aliphatic heterocycles. The number of ether oxygens (including phenoxy) is 4. The van der Waals surface area contributed by atoms with E-state index in [2.05, 4.69) is 5.32 Å². The number of thiophene rings is 1. The summed E-state index contributed by atoms with van der Waals surface area (Å²) in [6.07, 6.45) is -6.30. The second-order valence-electron chi connectivity index (χ2n) is 7.48. The van der Waals surface area contributed by atoms with Crippen LogP contribution in [0.1, 0.15) is 45.7 Å². The zero-order chi connectivity index (χ0) is 28.5. The smallest absolute Gasteiger partial charge is 0.416 e. The fourth-order valence-corrected chi connectivity index (χ4v) is 4.45. The Balaban J connectivity index is 0.00000247. The highest BCUT2D eigenvalue weighted by molar-refractivity contribution is 7.18. The third-order valence-corrected chi connectivity index (χ3v) is 6.20. The quantitative estimate of drug-likeness (QED) is 0.240. The Bertz CT molecular complexity index is 1230. The van der Waals surface area contributed by atoms with Gasteiger partial charge in [0.05, 0.1) is 17.7 Å². The number of benzene rings is 2. The van der Waals surface area contributed by atoms with Gasteiger partial charge in [0.1, 0.15) is 17.5 Å². The van der Waals surface area contributed by atoms with E-state index in [0.29, 0.717) is 16.3 Å². The molecule has 1 heterocycles. The molecular formula is C25H28F3N2O7S+. The fraction of sp³-hybridized carbons (Fsp3) is 0.320. The number of aliphatic hydroxyl groups is 1. The minimum Gasteiger partial charge on any atom is -0.484 e. The minimum absolute atomic E-state index is 0.0262. The van der Waals surface area contributed by atoms with E-state index in [0.717, 1.165) is 24.5 Å². The lowest BCUT2D eigenvalue weighted by Crippen LogP contribution is -2.56. The van der Waals surface area contributed by atoms with Crippen LogP contribution in [-0.2, 0) is 20.4 Å². The van der Waals surface area contributed by atoms with E-state index >= 15 is 0 Å². The van der Waals surface area contributed by atoms with Crippen molar-refractivity contribution in [2.24, 2.45) is 0 Å². The number of hydrogen-bond acceptors (Lipinski definition) is 9. The van der Waals surface area contributed by atoms with Crippen molar-refractivity contribution >= 4 is 33.7 Å². The van der Waals surface area contributed by atoms with E-state index in [4.69, 9.17) is 24.1 Å². The van der Waals surface area contributed by atoms with Crippen molar-refractivity contribution in [1.82, 2.24) is 0 Å². The van der Waals surface area contributed by atoms with Crippen LogP contribution in [0.4, 0.5) is 29.5 Å². The molecule has 0 fully saturated rings. The Morgan fingerprint density at radius 3 is 2.29 bits per heavy atom. The summed E-state index contributed by atoms with van der Waals surface area (Å²) in [5, 5.41) is 12.2. The first kappa shape index (κ1) is 30.7. The van der Waals surface area contributed by atoms with Crippen molar-refractivity contribution in [2.75, 3.05) is 33.8 Å². The number of nitroso groups, excluding NO2 is 1. The molecule has 0 aliphatic carbocycles. The van der Waals surface area contributed by atoms with Crippen molar-refractivity contribution < 1.29 is 47.2 Å². The van der Waals surface area contributed by atoms with E-state index in [1.807, 2.05) is 5.18 Å². The summed E-state index contributed by atoms with van der Waals surface area (Å²) >= 11 is 0.954. The van der Waals surface area contributed by atoms with E-state index in [-0.39, 0.29) is 21.9 Å². The lowest BCUT2D eigenvalue weighted by Gasteiger charge is -2.19. The third-order valence-electron chi connectivity index (χ3n) is 5.19. The highest BCUT2D eigenvalue weighted by atomic mass is 32.1. The standard InChI is InChI=1S/C24H23F3N2O6S.CH4O/c1-13(15-7-5-6-8-16(15)24(25,26)27)35-19-12-20(36-21(19)22(30)32-2)28-18-11-14(23(33-3)34-4)9-10-17(18)29-31;1-2/h5-13,23,28H,1-4H3;2H,1H3/p+1. The van der Waals surface area contributed by atoms with E-state index in [1.54, 1.807) is 12.1 Å². The van der Waals surface area contributed by atoms with Crippen LogP contribution in [0.15, 0.2) is 48.5 Å². The second-order valence-corrected chi connectivity index (χ2v) is 8.53. The lowest BCUT2D eigenvalue weighted by atomic mass is 10.0. The van der Waals surface area contributed by atoms with Crippen molar-refractivity contribution in [3.63, 3.8) is 0 Å². The molecule has 1 aromatic heterocycles. The molecule has 3 aromatic rings. The molecular weight excluding hydrogens is 529 g/mol. The number of methoxy groups -OCH3 is 3. The fourth-order valence-electron chi connectivity index (χ4n) is 3.52. The summed E-state index contributed by atoms with van der Waals surface area (Å²) in [6, 6.07) is 11.3. The van der Waals surface area contributed by atoms with Crippen LogP contribution in [-0.4, -0.2) is 39.5 Å². The number of rotatable bonds is 10. The SMILES string of the molecule is CO.COC(=O)c1sc(Nc2cc(C(OC)OC)ccc2[NH+]=O)cc1OC(C)c1ccccc1C(F)(F)F. The van der Waals surface area contributed by atoms with Crippen LogP contribution in [0.5, 0.6) is 5.75 Å². The number of alkyl halides is 3. The molecule has 0 saturated carbocycles. The highest BCUT2D eigenvalue weighted by Crippen LogP contribution is 2.41. The van der Waals surface area contributed by atoms with E-state index in [9.17, 15) is 22.9 Å². The van der Waals surface area contributed by atoms with Gasteiger partial charge in [-0.2, -0.15) is 13.2 Å². The molecule has 1 atom stereocenters. The van der Waals surface area contributed by atoms with Gasteiger partial charge in [0, 0.05) is 54.7 Å². The van der Waals surface area contributed by atoms with Crippen LogP contribution >= 0.6 is 11.3 Å². The molecule has 0 aliphatic rings. The Morgan fingerprint density at radius 2 is 1.71 bits per heavy atom. The van der Waals surface area contributed by atoms with Crippen LogP contribution in [0, 0.1) is 4.91 Å². The zero-order valence-electron chi connectivity index (χ0n) is 21.2. The maximum absolute atomic E-state index is 13.5. The Labute approximate surface area is 221 Å². The average Bonchev–Trinajstić information content (AvgIpc) is 3.31. The first-order valence-electron chi connectivity index (χ1n) is 11.0. The number of anilines is 2. The number of halogens is 3. The van der Waals surface area contributed by atoms with Gasteiger partial charge in [0.2, 0.25) is 0 Å². The summed E-state index contributed by atoms with van der Waals surface area (Å²) in [4.78, 5) is 23.9. The van der Waals surface area contributed by atoms with Gasteiger partial charge in [-0.05, 0) is 25.1 Å². The third kappa shape index (κ3) is 7.28. The van der Waals surface area contributed by atoms with Crippen LogP contribution < -0.4 is 15.2 Å². The molecule has 2 aromatic carbocycles. The van der Waals surface area contributed by atoms with Crippen molar-refractivity contribution in [3.05, 3.63) is 75.0 Å². The predicted molar refractivity (Wildman–Crippen MR) is 135 cm³/mol. The van der Waals surface area contributed by atoms with Gasteiger partial charge in [-0.15, -0.1) is 11.3 Å². The highest BCUT2D eigenvalue weighted by Gasteiger charge is 2.35. The molecule has 206 valence electrons. The number of aliphatic hydroxyl groups excluding tert-OH is 1. The molecule has 38 heavy (non-hydrogen) atoms. The van der Waals surface area contributed by atoms with Crippen LogP contribution in [0.2, 0.25) is 0 Å². The number of hydrogen-bond donors (Lipinski definition) is 3. The first-order valence-corrected chi connectivity index (χ1v) is 11.8. The summed E-state index contributed by atoms with van der Waals surface area (Å²) < 4.78 is 61.6. The molecule has 3 N–H and O–H groups in total. The number of nitrogens with one attached hydrogen (secondary N) is 2. The molecule has 0 amide bonds. The topological polar surface area (TPSA) is 117 Å². The number of carbonyl (C=O) groups is 1. The van der Waals surface area contributed by atoms with Crippen molar-refractivity contribution in [3.8, 4) is 5.75 Å². The van der Waals surface area contributed by atoms with Gasteiger partial charge in [0.25, 0.3) is 5.69 Å². The van der Waals surface area contributed by atoms with Crippen molar-refractivity contribution in [1.29, 1.82) is 0 Å². The molecule has 9 nitrogen and oxygen atoms in total.